The van der Waals surface area contributed by atoms with E-state index >= 15 is 0 Å². The Kier molecular flexibility index (Phi) is 4.31. The molecule has 1 unspecified atom stereocenters. The summed E-state index contributed by atoms with van der Waals surface area (Å²) in [5.41, 5.74) is 6.63. The summed E-state index contributed by atoms with van der Waals surface area (Å²) < 4.78 is 5.53. The Hall–Kier alpha value is -1.55. The van der Waals surface area contributed by atoms with Gasteiger partial charge in [-0.05, 0) is 38.6 Å². The quantitative estimate of drug-likeness (QED) is 0.783. The number of carbonyl (C=O) groups is 1. The third kappa shape index (κ3) is 3.24. The van der Waals surface area contributed by atoms with E-state index in [0.29, 0.717) is 17.9 Å². The van der Waals surface area contributed by atoms with E-state index in [0.717, 1.165) is 5.56 Å². The van der Waals surface area contributed by atoms with Gasteiger partial charge < -0.3 is 15.8 Å². The normalized spacial score (nSPS) is 12.2. The van der Waals surface area contributed by atoms with E-state index in [1.165, 1.54) is 0 Å². The lowest BCUT2D eigenvalue weighted by atomic mass is 10.1. The Morgan fingerprint density at radius 3 is 2.81 bits per heavy atom. The van der Waals surface area contributed by atoms with Crippen molar-refractivity contribution < 1.29 is 9.53 Å². The molecule has 1 aromatic carbocycles. The van der Waals surface area contributed by atoms with Crippen LogP contribution < -0.4 is 15.8 Å². The monoisotopic (exact) mass is 222 g/mol. The number of likely N-dealkylation sites (N-methyl/N-ethyl adjacent to an activating group) is 1. The number of primary amides is 1. The molecule has 0 fully saturated rings. The van der Waals surface area contributed by atoms with Crippen LogP contribution in [0.5, 0.6) is 5.75 Å². The minimum absolute atomic E-state index is 0.262. The standard InChI is InChI=1S/C12H18N2O2/c1-8-4-5-10(6-11(8)12(13)15)16-7-9(2)14-3/h4-6,9,14H,7H2,1-3H3,(H2,13,15). The molecule has 0 heterocycles. The van der Waals surface area contributed by atoms with E-state index in [9.17, 15) is 4.79 Å². The zero-order chi connectivity index (χ0) is 12.1. The Morgan fingerprint density at radius 2 is 2.25 bits per heavy atom. The van der Waals surface area contributed by atoms with Gasteiger partial charge in [-0.3, -0.25) is 4.79 Å². The summed E-state index contributed by atoms with van der Waals surface area (Å²) >= 11 is 0. The van der Waals surface area contributed by atoms with Crippen LogP contribution in [0.3, 0.4) is 0 Å². The number of carbonyl (C=O) groups excluding carboxylic acids is 1. The van der Waals surface area contributed by atoms with E-state index < -0.39 is 5.91 Å². The van der Waals surface area contributed by atoms with Crippen LogP contribution in [0.15, 0.2) is 18.2 Å². The van der Waals surface area contributed by atoms with Crippen molar-refractivity contribution in [3.05, 3.63) is 29.3 Å². The van der Waals surface area contributed by atoms with Crippen molar-refractivity contribution in [1.82, 2.24) is 5.32 Å². The van der Waals surface area contributed by atoms with Crippen molar-refractivity contribution in [2.45, 2.75) is 19.9 Å². The first kappa shape index (κ1) is 12.5. The molecule has 1 aromatic rings. The molecule has 3 N–H and O–H groups in total. The number of aryl methyl sites for hydroxylation is 1. The summed E-state index contributed by atoms with van der Waals surface area (Å²) in [7, 11) is 1.87. The second kappa shape index (κ2) is 5.51. The van der Waals surface area contributed by atoms with E-state index in [2.05, 4.69) is 5.32 Å². The highest BCUT2D eigenvalue weighted by Gasteiger charge is 2.07. The van der Waals surface area contributed by atoms with Gasteiger partial charge in [0.2, 0.25) is 5.91 Å². The van der Waals surface area contributed by atoms with Crippen molar-refractivity contribution in [2.24, 2.45) is 5.73 Å². The maximum absolute atomic E-state index is 11.1. The summed E-state index contributed by atoms with van der Waals surface area (Å²) in [5.74, 6) is 0.242. The fourth-order valence-electron chi connectivity index (χ4n) is 1.26. The predicted molar refractivity (Wildman–Crippen MR) is 63.7 cm³/mol. The van der Waals surface area contributed by atoms with Gasteiger partial charge in [-0.25, -0.2) is 0 Å². The van der Waals surface area contributed by atoms with Crippen LogP contribution >= 0.6 is 0 Å². The molecule has 0 aliphatic carbocycles. The fraction of sp³-hybridized carbons (Fsp3) is 0.417. The lowest BCUT2D eigenvalue weighted by molar-refractivity contribution is 0.0999. The van der Waals surface area contributed by atoms with Crippen molar-refractivity contribution in [3.8, 4) is 5.75 Å². The maximum atomic E-state index is 11.1. The van der Waals surface area contributed by atoms with E-state index in [1.807, 2.05) is 33.0 Å². The van der Waals surface area contributed by atoms with Crippen molar-refractivity contribution in [3.63, 3.8) is 0 Å². The van der Waals surface area contributed by atoms with E-state index in [-0.39, 0.29) is 6.04 Å². The van der Waals surface area contributed by atoms with Gasteiger partial charge in [0.05, 0.1) is 0 Å². The number of amides is 1. The zero-order valence-electron chi connectivity index (χ0n) is 9.91. The molecule has 16 heavy (non-hydrogen) atoms. The molecule has 4 nitrogen and oxygen atoms in total. The zero-order valence-corrected chi connectivity index (χ0v) is 9.91. The maximum Gasteiger partial charge on any atom is 0.249 e. The lowest BCUT2D eigenvalue weighted by Crippen LogP contribution is -2.28. The molecular weight excluding hydrogens is 204 g/mol. The average molecular weight is 222 g/mol. The van der Waals surface area contributed by atoms with Crippen molar-refractivity contribution in [2.75, 3.05) is 13.7 Å². The molecule has 88 valence electrons. The first-order valence-corrected chi connectivity index (χ1v) is 5.25. The first-order chi connectivity index (χ1) is 7.54. The summed E-state index contributed by atoms with van der Waals surface area (Å²) in [6, 6.07) is 5.61. The molecule has 1 atom stereocenters. The van der Waals surface area contributed by atoms with Gasteiger partial charge in [-0.1, -0.05) is 6.07 Å². The molecule has 0 aliphatic heterocycles. The molecule has 1 rings (SSSR count). The van der Waals surface area contributed by atoms with Gasteiger partial charge in [0, 0.05) is 11.6 Å². The molecule has 0 saturated heterocycles. The summed E-state index contributed by atoms with van der Waals surface area (Å²) in [4.78, 5) is 11.1. The smallest absolute Gasteiger partial charge is 0.249 e. The number of ether oxygens (including phenoxy) is 1. The predicted octanol–water partition coefficient (Wildman–Crippen LogP) is 1.08. The van der Waals surface area contributed by atoms with Gasteiger partial charge in [-0.15, -0.1) is 0 Å². The molecule has 0 spiro atoms. The Bertz CT molecular complexity index is 377. The number of nitrogens with one attached hydrogen (secondary N) is 1. The topological polar surface area (TPSA) is 64.3 Å². The molecular formula is C12H18N2O2. The van der Waals surface area contributed by atoms with Gasteiger partial charge in [0.15, 0.2) is 0 Å². The molecule has 0 aliphatic rings. The molecule has 4 heteroatoms. The Morgan fingerprint density at radius 1 is 1.56 bits per heavy atom. The van der Waals surface area contributed by atoms with Crippen LogP contribution in [0.4, 0.5) is 0 Å². The summed E-state index contributed by atoms with van der Waals surface area (Å²) in [6.07, 6.45) is 0. The minimum Gasteiger partial charge on any atom is -0.492 e. The molecule has 1 amide bonds. The van der Waals surface area contributed by atoms with Crippen LogP contribution in [-0.4, -0.2) is 25.6 Å². The lowest BCUT2D eigenvalue weighted by Gasteiger charge is -2.13. The van der Waals surface area contributed by atoms with Crippen LogP contribution in [0.1, 0.15) is 22.8 Å². The van der Waals surface area contributed by atoms with E-state index in [4.69, 9.17) is 10.5 Å². The number of rotatable bonds is 5. The molecule has 0 bridgehead atoms. The van der Waals surface area contributed by atoms with Gasteiger partial charge in [-0.2, -0.15) is 0 Å². The molecule has 0 radical (unpaired) electrons. The highest BCUT2D eigenvalue weighted by molar-refractivity contribution is 5.94. The summed E-state index contributed by atoms with van der Waals surface area (Å²) in [6.45, 7) is 4.42. The second-order valence-corrected chi connectivity index (χ2v) is 3.84. The minimum atomic E-state index is -0.426. The van der Waals surface area contributed by atoms with Crippen molar-refractivity contribution in [1.29, 1.82) is 0 Å². The summed E-state index contributed by atoms with van der Waals surface area (Å²) in [5, 5.41) is 3.07. The number of hydrogen-bond donors (Lipinski definition) is 2. The highest BCUT2D eigenvalue weighted by atomic mass is 16.5. The number of benzene rings is 1. The van der Waals surface area contributed by atoms with Crippen LogP contribution in [0.2, 0.25) is 0 Å². The number of nitrogens with two attached hydrogens (primary N) is 1. The van der Waals surface area contributed by atoms with Crippen LogP contribution in [-0.2, 0) is 0 Å². The van der Waals surface area contributed by atoms with Crippen LogP contribution in [0.25, 0.3) is 0 Å². The Labute approximate surface area is 95.8 Å². The van der Waals surface area contributed by atoms with Gasteiger partial charge in [0.1, 0.15) is 12.4 Å². The van der Waals surface area contributed by atoms with Crippen LogP contribution in [0, 0.1) is 6.92 Å². The average Bonchev–Trinajstić information content (AvgIpc) is 2.27. The molecule has 0 aromatic heterocycles. The third-order valence-corrected chi connectivity index (χ3v) is 2.47. The fourth-order valence-corrected chi connectivity index (χ4v) is 1.26. The van der Waals surface area contributed by atoms with E-state index in [1.54, 1.807) is 6.07 Å². The first-order valence-electron chi connectivity index (χ1n) is 5.25. The van der Waals surface area contributed by atoms with Crippen molar-refractivity contribution >= 4 is 5.91 Å². The number of hydrogen-bond acceptors (Lipinski definition) is 3. The second-order valence-electron chi connectivity index (χ2n) is 3.84. The SMILES string of the molecule is CNC(C)COc1ccc(C)c(C(N)=O)c1. The Balaban J connectivity index is 2.75. The highest BCUT2D eigenvalue weighted by Crippen LogP contribution is 2.17. The van der Waals surface area contributed by atoms with Gasteiger partial charge in [0.25, 0.3) is 0 Å². The third-order valence-electron chi connectivity index (χ3n) is 2.47. The van der Waals surface area contributed by atoms with Gasteiger partial charge >= 0.3 is 0 Å². The molecule has 0 saturated carbocycles. The largest absolute Gasteiger partial charge is 0.492 e.